The fourth-order valence-corrected chi connectivity index (χ4v) is 4.25. The molecular formula is C26H27F2N3O3. The smallest absolute Gasteiger partial charge is 0.256 e. The van der Waals surface area contributed by atoms with Crippen LogP contribution < -0.4 is 0 Å². The third-order valence-corrected chi connectivity index (χ3v) is 6.21. The first-order valence-corrected chi connectivity index (χ1v) is 11.4. The van der Waals surface area contributed by atoms with Crippen molar-refractivity contribution >= 4 is 11.8 Å². The van der Waals surface area contributed by atoms with E-state index < -0.39 is 17.5 Å². The maximum atomic E-state index is 13.9. The molecule has 0 aliphatic carbocycles. The number of aromatic nitrogens is 1. The van der Waals surface area contributed by atoms with Gasteiger partial charge < -0.3 is 14.3 Å². The van der Waals surface area contributed by atoms with E-state index in [4.69, 9.17) is 4.52 Å². The molecule has 8 heteroatoms. The Morgan fingerprint density at radius 2 is 1.82 bits per heavy atom. The Hall–Kier alpha value is -3.55. The highest BCUT2D eigenvalue weighted by molar-refractivity contribution is 5.94. The fourth-order valence-electron chi connectivity index (χ4n) is 4.25. The lowest BCUT2D eigenvalue weighted by atomic mass is 9.94. The maximum Gasteiger partial charge on any atom is 0.256 e. The van der Waals surface area contributed by atoms with Gasteiger partial charge in [0, 0.05) is 56.7 Å². The molecule has 1 aliphatic heterocycles. The summed E-state index contributed by atoms with van der Waals surface area (Å²) < 4.78 is 32.5. The van der Waals surface area contributed by atoms with E-state index in [1.54, 1.807) is 11.9 Å². The van der Waals surface area contributed by atoms with Crippen molar-refractivity contribution in [1.29, 1.82) is 0 Å². The number of aryl methyl sites for hydroxylation is 1. The third kappa shape index (κ3) is 5.50. The topological polar surface area (TPSA) is 66.7 Å². The number of hydrogen-bond acceptors (Lipinski definition) is 4. The van der Waals surface area contributed by atoms with E-state index in [0.29, 0.717) is 45.0 Å². The normalized spacial score (nSPS) is 14.3. The van der Waals surface area contributed by atoms with E-state index in [0.717, 1.165) is 35.6 Å². The number of halogens is 2. The minimum Gasteiger partial charge on any atom is -0.361 e. The van der Waals surface area contributed by atoms with E-state index in [9.17, 15) is 18.4 Å². The molecule has 4 rings (SSSR count). The van der Waals surface area contributed by atoms with Crippen molar-refractivity contribution in [2.24, 2.45) is 5.92 Å². The molecule has 3 aromatic rings. The summed E-state index contributed by atoms with van der Waals surface area (Å²) in [6.07, 6.45) is 2.45. The van der Waals surface area contributed by atoms with Crippen LogP contribution >= 0.6 is 0 Å². The monoisotopic (exact) mass is 467 g/mol. The van der Waals surface area contributed by atoms with Gasteiger partial charge >= 0.3 is 0 Å². The van der Waals surface area contributed by atoms with Crippen LogP contribution in [0, 0.1) is 17.6 Å². The van der Waals surface area contributed by atoms with Gasteiger partial charge in [-0.2, -0.15) is 0 Å². The highest BCUT2D eigenvalue weighted by Crippen LogP contribution is 2.23. The Kier molecular flexibility index (Phi) is 7.35. The maximum absolute atomic E-state index is 13.9. The van der Waals surface area contributed by atoms with Crippen LogP contribution in [0.3, 0.4) is 0 Å². The molecule has 2 aromatic carbocycles. The van der Waals surface area contributed by atoms with Crippen molar-refractivity contribution in [2.75, 3.05) is 26.7 Å². The molecule has 1 fully saturated rings. The molecule has 0 atom stereocenters. The Bertz CT molecular complexity index is 1140. The van der Waals surface area contributed by atoms with Crippen molar-refractivity contribution in [3.63, 3.8) is 0 Å². The molecule has 0 saturated carbocycles. The van der Waals surface area contributed by atoms with E-state index in [2.05, 4.69) is 5.16 Å². The Morgan fingerprint density at radius 3 is 2.53 bits per heavy atom. The molecule has 0 radical (unpaired) electrons. The molecule has 0 bridgehead atoms. The number of likely N-dealkylation sites (tertiary alicyclic amines) is 1. The molecule has 0 unspecified atom stereocenters. The van der Waals surface area contributed by atoms with Gasteiger partial charge in [0.25, 0.3) is 5.91 Å². The van der Waals surface area contributed by atoms with E-state index in [1.807, 2.05) is 36.4 Å². The zero-order valence-electron chi connectivity index (χ0n) is 19.0. The summed E-state index contributed by atoms with van der Waals surface area (Å²) in [5.41, 5.74) is 1.64. The molecule has 6 nitrogen and oxygen atoms in total. The lowest BCUT2D eigenvalue weighted by molar-refractivity contribution is -0.135. The van der Waals surface area contributed by atoms with Crippen LogP contribution in [0.5, 0.6) is 0 Å². The van der Waals surface area contributed by atoms with Gasteiger partial charge in [-0.05, 0) is 31.4 Å². The zero-order chi connectivity index (χ0) is 24.1. The average Bonchev–Trinajstić information content (AvgIpc) is 3.33. The third-order valence-electron chi connectivity index (χ3n) is 6.21. The van der Waals surface area contributed by atoms with Gasteiger partial charge in [0.2, 0.25) is 5.91 Å². The predicted molar refractivity (Wildman–Crippen MR) is 123 cm³/mol. The van der Waals surface area contributed by atoms with Gasteiger partial charge in [-0.1, -0.05) is 35.5 Å². The summed E-state index contributed by atoms with van der Waals surface area (Å²) >= 11 is 0. The highest BCUT2D eigenvalue weighted by atomic mass is 19.1. The van der Waals surface area contributed by atoms with Gasteiger partial charge in [0.1, 0.15) is 23.1 Å². The first-order chi connectivity index (χ1) is 16.4. The van der Waals surface area contributed by atoms with Crippen molar-refractivity contribution in [3.05, 3.63) is 77.6 Å². The van der Waals surface area contributed by atoms with Crippen molar-refractivity contribution in [2.45, 2.75) is 25.7 Å². The first-order valence-electron chi connectivity index (χ1n) is 11.4. The second-order valence-electron chi connectivity index (χ2n) is 8.60. The summed E-state index contributed by atoms with van der Waals surface area (Å²) in [6, 6.07) is 14.7. The van der Waals surface area contributed by atoms with Crippen LogP contribution in [0.25, 0.3) is 11.3 Å². The molecule has 2 amide bonds. The Balaban J connectivity index is 1.22. The van der Waals surface area contributed by atoms with Crippen molar-refractivity contribution in [3.8, 4) is 11.3 Å². The van der Waals surface area contributed by atoms with Crippen LogP contribution in [0.15, 0.2) is 59.1 Å². The quantitative estimate of drug-likeness (QED) is 0.511. The molecule has 1 aromatic heterocycles. The van der Waals surface area contributed by atoms with Crippen LogP contribution in [-0.2, 0) is 11.2 Å². The van der Waals surface area contributed by atoms with Gasteiger partial charge in [-0.25, -0.2) is 8.78 Å². The van der Waals surface area contributed by atoms with E-state index >= 15 is 0 Å². The summed E-state index contributed by atoms with van der Waals surface area (Å²) in [6.45, 7) is 1.31. The lowest BCUT2D eigenvalue weighted by Gasteiger charge is -2.33. The van der Waals surface area contributed by atoms with E-state index in [1.165, 1.54) is 4.90 Å². The predicted octanol–water partition coefficient (Wildman–Crippen LogP) is 4.56. The Labute approximate surface area is 197 Å². The molecule has 34 heavy (non-hydrogen) atoms. The highest BCUT2D eigenvalue weighted by Gasteiger charge is 2.30. The number of rotatable bonds is 7. The summed E-state index contributed by atoms with van der Waals surface area (Å²) in [4.78, 5) is 28.7. The second-order valence-corrected chi connectivity index (χ2v) is 8.60. The number of nitrogens with zero attached hydrogens (tertiary/aromatic N) is 3. The summed E-state index contributed by atoms with van der Waals surface area (Å²) in [5, 5.41) is 4.12. The van der Waals surface area contributed by atoms with Crippen LogP contribution in [0.1, 0.15) is 35.4 Å². The lowest BCUT2D eigenvalue weighted by Crippen LogP contribution is -2.43. The SMILES string of the molecule is CN(CCCc1cc(-c2ccccc2)no1)C(=O)C1CCN(C(=O)c2ccc(F)cc2F)CC1. The average molecular weight is 468 g/mol. The molecule has 2 heterocycles. The molecule has 1 saturated heterocycles. The number of carbonyl (C=O) groups is 2. The summed E-state index contributed by atoms with van der Waals surface area (Å²) in [7, 11) is 1.78. The van der Waals surface area contributed by atoms with Crippen LogP contribution in [0.2, 0.25) is 0 Å². The fraction of sp³-hybridized carbons (Fsp3) is 0.346. The van der Waals surface area contributed by atoms with Crippen molar-refractivity contribution < 1.29 is 22.9 Å². The van der Waals surface area contributed by atoms with Crippen LogP contribution in [0.4, 0.5) is 8.78 Å². The number of hydrogen-bond donors (Lipinski definition) is 0. The van der Waals surface area contributed by atoms with Gasteiger partial charge in [0.15, 0.2) is 0 Å². The van der Waals surface area contributed by atoms with E-state index in [-0.39, 0.29) is 17.4 Å². The number of piperidine rings is 1. The second kappa shape index (κ2) is 10.6. The minimum absolute atomic E-state index is 0.0441. The van der Waals surface area contributed by atoms with Gasteiger partial charge in [-0.3, -0.25) is 9.59 Å². The first kappa shape index (κ1) is 23.6. The standard InChI is InChI=1S/C26H27F2N3O3/c1-30(13-5-8-21-17-24(29-34-21)18-6-3-2-4-7-18)25(32)19-11-14-31(15-12-19)26(33)22-10-9-20(27)16-23(22)28/h2-4,6-7,9-10,16-17,19H,5,8,11-15H2,1H3. The largest absolute Gasteiger partial charge is 0.361 e. The molecule has 1 aliphatic rings. The molecule has 0 spiro atoms. The molecular weight excluding hydrogens is 440 g/mol. The minimum atomic E-state index is -0.870. The summed E-state index contributed by atoms with van der Waals surface area (Å²) in [5.74, 6) is -1.42. The number of amides is 2. The van der Waals surface area contributed by atoms with Crippen molar-refractivity contribution in [1.82, 2.24) is 15.0 Å². The number of carbonyl (C=O) groups excluding carboxylic acids is 2. The van der Waals surface area contributed by atoms with Gasteiger partial charge in [-0.15, -0.1) is 0 Å². The number of benzene rings is 2. The van der Waals surface area contributed by atoms with Gasteiger partial charge in [0.05, 0.1) is 5.56 Å². The molecule has 178 valence electrons. The molecule has 0 N–H and O–H groups in total. The Morgan fingerprint density at radius 1 is 1.09 bits per heavy atom. The van der Waals surface area contributed by atoms with Crippen LogP contribution in [-0.4, -0.2) is 53.5 Å². The zero-order valence-corrected chi connectivity index (χ0v) is 19.0.